The van der Waals surface area contributed by atoms with E-state index in [0.717, 1.165) is 37.9 Å². The predicted molar refractivity (Wildman–Crippen MR) is 101 cm³/mol. The summed E-state index contributed by atoms with van der Waals surface area (Å²) in [5.41, 5.74) is 2.28. The number of carboxylic acids is 1. The molecule has 2 aromatic heterocycles. The van der Waals surface area contributed by atoms with Gasteiger partial charge in [0.05, 0.1) is 16.8 Å². The van der Waals surface area contributed by atoms with Gasteiger partial charge < -0.3 is 10.4 Å². The number of carboxylic acid groups (broad SMARTS) is 1. The first-order valence-corrected chi connectivity index (χ1v) is 9.06. The van der Waals surface area contributed by atoms with Crippen LogP contribution in [-0.4, -0.2) is 39.4 Å². The number of pyridine rings is 1. The molecule has 0 aliphatic rings. The van der Waals surface area contributed by atoms with Crippen molar-refractivity contribution in [3.8, 4) is 0 Å². The predicted octanol–water partition coefficient (Wildman–Crippen LogP) is 3.25. The Labute approximate surface area is 157 Å². The number of aromatic carboxylic acids is 1. The number of nitrogens with zero attached hydrogens (tertiary/aromatic N) is 3. The van der Waals surface area contributed by atoms with E-state index in [4.69, 9.17) is 0 Å². The van der Waals surface area contributed by atoms with Gasteiger partial charge in [0.2, 0.25) is 0 Å². The van der Waals surface area contributed by atoms with E-state index in [0.29, 0.717) is 23.1 Å². The van der Waals surface area contributed by atoms with E-state index >= 15 is 0 Å². The van der Waals surface area contributed by atoms with Crippen molar-refractivity contribution in [3.05, 3.63) is 59.3 Å². The number of benzene rings is 1. The minimum absolute atomic E-state index is 0.191. The number of hydrogen-bond acceptors (Lipinski definition) is 4. The second-order valence-corrected chi connectivity index (χ2v) is 6.51. The fourth-order valence-corrected chi connectivity index (χ4v) is 3.22. The van der Waals surface area contributed by atoms with Gasteiger partial charge in [-0.25, -0.2) is 9.18 Å². The number of nitrogens with one attached hydrogen (secondary N) is 1. The van der Waals surface area contributed by atoms with Gasteiger partial charge in [0.15, 0.2) is 0 Å². The van der Waals surface area contributed by atoms with Crippen molar-refractivity contribution < 1.29 is 14.3 Å². The summed E-state index contributed by atoms with van der Waals surface area (Å²) in [6.45, 7) is 1.72. The van der Waals surface area contributed by atoms with Crippen LogP contribution in [0.5, 0.6) is 0 Å². The first-order valence-electron chi connectivity index (χ1n) is 9.06. The third-order valence-corrected chi connectivity index (χ3v) is 4.58. The van der Waals surface area contributed by atoms with Crippen molar-refractivity contribution in [2.45, 2.75) is 32.2 Å². The highest BCUT2D eigenvalue weighted by molar-refractivity contribution is 5.89. The summed E-state index contributed by atoms with van der Waals surface area (Å²) < 4.78 is 15.7. The quantitative estimate of drug-likeness (QED) is 0.565. The molecule has 2 N–H and O–H groups in total. The normalized spacial score (nSPS) is 11.2. The largest absolute Gasteiger partial charge is 0.478 e. The Morgan fingerprint density at radius 1 is 1.26 bits per heavy atom. The topological polar surface area (TPSA) is 80.0 Å². The van der Waals surface area contributed by atoms with E-state index in [-0.39, 0.29) is 11.4 Å². The average Bonchev–Trinajstić information content (AvgIpc) is 2.98. The molecule has 0 spiro atoms. The van der Waals surface area contributed by atoms with Crippen LogP contribution < -0.4 is 5.32 Å². The third kappa shape index (κ3) is 4.49. The zero-order valence-corrected chi connectivity index (χ0v) is 15.3. The molecule has 1 aromatic carbocycles. The minimum atomic E-state index is -1.01. The van der Waals surface area contributed by atoms with Gasteiger partial charge in [-0.1, -0.05) is 6.42 Å². The first-order chi connectivity index (χ1) is 13.1. The average molecular weight is 370 g/mol. The smallest absolute Gasteiger partial charge is 0.336 e. The molecule has 0 radical (unpaired) electrons. The fourth-order valence-electron chi connectivity index (χ4n) is 3.22. The molecule has 3 aromatic rings. The molecule has 0 saturated heterocycles. The van der Waals surface area contributed by atoms with Crippen LogP contribution in [0.3, 0.4) is 0 Å². The Morgan fingerprint density at radius 2 is 2.11 bits per heavy atom. The van der Waals surface area contributed by atoms with E-state index in [1.54, 1.807) is 6.07 Å². The summed E-state index contributed by atoms with van der Waals surface area (Å²) in [5, 5.41) is 17.9. The lowest BCUT2D eigenvalue weighted by molar-refractivity contribution is 0.0695. The monoisotopic (exact) mass is 370 g/mol. The molecule has 0 bridgehead atoms. The van der Waals surface area contributed by atoms with Gasteiger partial charge in [0.25, 0.3) is 0 Å². The third-order valence-electron chi connectivity index (χ3n) is 4.58. The van der Waals surface area contributed by atoms with Crippen LogP contribution in [0.15, 0.2) is 36.7 Å². The van der Waals surface area contributed by atoms with Crippen molar-refractivity contribution in [3.63, 3.8) is 0 Å². The van der Waals surface area contributed by atoms with E-state index in [9.17, 15) is 14.3 Å². The lowest BCUT2D eigenvalue weighted by Crippen LogP contribution is -2.08. The van der Waals surface area contributed by atoms with E-state index < -0.39 is 5.97 Å². The summed E-state index contributed by atoms with van der Waals surface area (Å²) in [4.78, 5) is 15.5. The Morgan fingerprint density at radius 3 is 2.89 bits per heavy atom. The maximum Gasteiger partial charge on any atom is 0.336 e. The number of fused-ring (bicyclic) bond motifs is 1. The Balaban J connectivity index is 1.89. The van der Waals surface area contributed by atoms with Crippen LogP contribution in [0.1, 0.15) is 40.9 Å². The maximum absolute atomic E-state index is 13.8. The zero-order valence-electron chi connectivity index (χ0n) is 15.3. The Kier molecular flexibility index (Phi) is 6.13. The number of carbonyl (C=O) groups is 1. The molecular formula is C20H23FN4O2. The molecule has 0 saturated carbocycles. The van der Waals surface area contributed by atoms with Gasteiger partial charge in [-0.3, -0.25) is 9.67 Å². The van der Waals surface area contributed by atoms with Crippen LogP contribution in [-0.2, 0) is 13.0 Å². The lowest BCUT2D eigenvalue weighted by atomic mass is 10.0. The van der Waals surface area contributed by atoms with E-state index in [1.807, 2.05) is 11.7 Å². The SMILES string of the molecule is CNCCCCCn1nc(Cc2cnccc2C(=O)O)c2cc(F)ccc21. The highest BCUT2D eigenvalue weighted by Crippen LogP contribution is 2.24. The van der Waals surface area contributed by atoms with Crippen LogP contribution in [0.2, 0.25) is 0 Å². The summed E-state index contributed by atoms with van der Waals surface area (Å²) in [6, 6.07) is 6.10. The molecule has 6 nitrogen and oxygen atoms in total. The van der Waals surface area contributed by atoms with Gasteiger partial charge in [-0.15, -0.1) is 0 Å². The van der Waals surface area contributed by atoms with Gasteiger partial charge in [-0.05, 0) is 56.3 Å². The molecule has 0 fully saturated rings. The number of hydrogen-bond donors (Lipinski definition) is 2. The van der Waals surface area contributed by atoms with Crippen LogP contribution in [0.25, 0.3) is 10.9 Å². The van der Waals surface area contributed by atoms with Crippen molar-refractivity contribution in [1.82, 2.24) is 20.1 Å². The molecule has 0 aliphatic heterocycles. The molecule has 142 valence electrons. The molecule has 0 aliphatic carbocycles. The van der Waals surface area contributed by atoms with Gasteiger partial charge in [0.1, 0.15) is 5.82 Å². The molecule has 27 heavy (non-hydrogen) atoms. The lowest BCUT2D eigenvalue weighted by Gasteiger charge is -2.04. The van der Waals surface area contributed by atoms with Crippen LogP contribution >= 0.6 is 0 Å². The second-order valence-electron chi connectivity index (χ2n) is 6.51. The first kappa shape index (κ1) is 19.0. The summed E-state index contributed by atoms with van der Waals surface area (Å²) in [5.74, 6) is -1.34. The van der Waals surface area contributed by atoms with E-state index in [1.165, 1.54) is 30.6 Å². The number of aryl methyl sites for hydroxylation is 1. The molecule has 0 atom stereocenters. The molecule has 2 heterocycles. The van der Waals surface area contributed by atoms with Crippen LogP contribution in [0.4, 0.5) is 4.39 Å². The molecular weight excluding hydrogens is 347 g/mol. The molecule has 7 heteroatoms. The summed E-state index contributed by atoms with van der Waals surface area (Å²) in [6.07, 6.45) is 6.42. The molecule has 0 amide bonds. The second kappa shape index (κ2) is 8.73. The highest BCUT2D eigenvalue weighted by Gasteiger charge is 2.16. The number of aromatic nitrogens is 3. The van der Waals surface area contributed by atoms with Crippen molar-refractivity contribution in [2.24, 2.45) is 0 Å². The number of halogens is 1. The van der Waals surface area contributed by atoms with Crippen molar-refractivity contribution in [1.29, 1.82) is 0 Å². The van der Waals surface area contributed by atoms with Gasteiger partial charge in [0, 0.05) is 30.7 Å². The fraction of sp³-hybridized carbons (Fsp3) is 0.350. The summed E-state index contributed by atoms with van der Waals surface area (Å²) >= 11 is 0. The standard InChI is InChI=1S/C20H23FN4O2/c1-22-8-3-2-4-10-25-19-6-5-15(21)12-17(19)18(24-25)11-14-13-23-9-7-16(14)20(26)27/h5-7,9,12-13,22H,2-4,8,10-11H2,1H3,(H,26,27). The van der Waals surface area contributed by atoms with Crippen molar-refractivity contribution >= 4 is 16.9 Å². The molecule has 0 unspecified atom stereocenters. The molecule has 3 rings (SSSR count). The maximum atomic E-state index is 13.8. The number of unbranched alkanes of at least 4 members (excludes halogenated alkanes) is 2. The van der Waals surface area contributed by atoms with Gasteiger partial charge >= 0.3 is 5.97 Å². The van der Waals surface area contributed by atoms with E-state index in [2.05, 4.69) is 15.4 Å². The van der Waals surface area contributed by atoms with Gasteiger partial charge in [-0.2, -0.15) is 5.10 Å². The Bertz CT molecular complexity index is 939. The van der Waals surface area contributed by atoms with Crippen molar-refractivity contribution in [2.75, 3.05) is 13.6 Å². The number of rotatable bonds is 9. The minimum Gasteiger partial charge on any atom is -0.478 e. The highest BCUT2D eigenvalue weighted by atomic mass is 19.1. The van der Waals surface area contributed by atoms with Crippen LogP contribution in [0, 0.1) is 5.82 Å². The zero-order chi connectivity index (χ0) is 19.2. The summed E-state index contributed by atoms with van der Waals surface area (Å²) in [7, 11) is 1.94. The Hall–Kier alpha value is -2.80.